The molecule has 0 aromatic heterocycles. The molecule has 0 amide bonds. The number of nitrogens with zero attached hydrogens (tertiary/aromatic N) is 1. The number of hydrogen-bond donors (Lipinski definition) is 2. The van der Waals surface area contributed by atoms with Crippen LogP contribution >= 0.6 is 0 Å². The Morgan fingerprint density at radius 1 is 1.37 bits per heavy atom. The van der Waals surface area contributed by atoms with Gasteiger partial charge in [-0.15, -0.1) is 0 Å². The van der Waals surface area contributed by atoms with E-state index in [4.69, 9.17) is 0 Å². The number of rotatable bonds is 8. The predicted octanol–water partition coefficient (Wildman–Crippen LogP) is 1.56. The lowest BCUT2D eigenvalue weighted by atomic mass is 9.92. The minimum atomic E-state index is -0.686. The van der Waals surface area contributed by atoms with Gasteiger partial charge in [0.05, 0.1) is 0 Å². The molecule has 108 valence electrons. The lowest BCUT2D eigenvalue weighted by molar-refractivity contribution is -0.147. The van der Waals surface area contributed by atoms with Gasteiger partial charge in [-0.05, 0) is 56.9 Å². The zero-order valence-corrected chi connectivity index (χ0v) is 12.1. The molecule has 0 saturated heterocycles. The summed E-state index contributed by atoms with van der Waals surface area (Å²) in [6.45, 7) is 3.99. The highest BCUT2D eigenvalue weighted by Gasteiger charge is 2.53. The molecule has 19 heavy (non-hydrogen) atoms. The van der Waals surface area contributed by atoms with Crippen LogP contribution in [0.5, 0.6) is 0 Å². The van der Waals surface area contributed by atoms with Crippen LogP contribution in [0.1, 0.15) is 39.0 Å². The molecule has 0 aromatic rings. The summed E-state index contributed by atoms with van der Waals surface area (Å²) in [4.78, 5) is 14.1. The maximum absolute atomic E-state index is 11.9. The van der Waals surface area contributed by atoms with E-state index in [2.05, 4.69) is 24.2 Å². The second-order valence-corrected chi connectivity index (χ2v) is 7.14. The van der Waals surface area contributed by atoms with E-state index in [-0.39, 0.29) is 0 Å². The fraction of sp³-hybridized carbons (Fsp3) is 0.933. The molecule has 3 aliphatic rings. The van der Waals surface area contributed by atoms with Crippen molar-refractivity contribution in [3.63, 3.8) is 0 Å². The van der Waals surface area contributed by atoms with Crippen molar-refractivity contribution in [2.75, 3.05) is 20.1 Å². The zero-order valence-electron chi connectivity index (χ0n) is 12.1. The van der Waals surface area contributed by atoms with E-state index < -0.39 is 11.5 Å². The maximum atomic E-state index is 11.9. The Morgan fingerprint density at radius 3 is 2.42 bits per heavy atom. The quantitative estimate of drug-likeness (QED) is 0.700. The number of aliphatic carboxylic acids is 1. The summed E-state index contributed by atoms with van der Waals surface area (Å²) in [5, 5.41) is 13.2. The summed E-state index contributed by atoms with van der Waals surface area (Å²) in [6, 6.07) is 0.449. The molecule has 0 heterocycles. The molecule has 0 bridgehead atoms. The average Bonchev–Trinajstić information content (AvgIpc) is 3.16. The van der Waals surface area contributed by atoms with Crippen LogP contribution in [-0.2, 0) is 4.79 Å². The predicted molar refractivity (Wildman–Crippen MR) is 74.0 cm³/mol. The lowest BCUT2D eigenvalue weighted by Gasteiger charge is -2.35. The van der Waals surface area contributed by atoms with Crippen molar-refractivity contribution in [2.45, 2.75) is 50.6 Å². The first-order valence-corrected chi connectivity index (χ1v) is 7.71. The van der Waals surface area contributed by atoms with Gasteiger partial charge in [0.25, 0.3) is 0 Å². The van der Waals surface area contributed by atoms with Crippen LogP contribution < -0.4 is 5.32 Å². The second-order valence-electron chi connectivity index (χ2n) is 7.14. The Bertz CT molecular complexity index is 365. The van der Waals surface area contributed by atoms with Gasteiger partial charge >= 0.3 is 5.97 Å². The molecule has 3 unspecified atom stereocenters. The Balaban J connectivity index is 1.64. The van der Waals surface area contributed by atoms with Gasteiger partial charge in [0.15, 0.2) is 0 Å². The third kappa shape index (κ3) is 2.95. The molecular formula is C15H26N2O2. The molecule has 3 aliphatic carbocycles. The molecule has 0 spiro atoms. The monoisotopic (exact) mass is 266 g/mol. The van der Waals surface area contributed by atoms with Gasteiger partial charge < -0.3 is 10.0 Å². The Morgan fingerprint density at radius 2 is 2.00 bits per heavy atom. The van der Waals surface area contributed by atoms with E-state index in [1.807, 2.05) is 0 Å². The Labute approximate surface area is 115 Å². The van der Waals surface area contributed by atoms with Crippen molar-refractivity contribution in [1.29, 1.82) is 0 Å². The highest BCUT2D eigenvalue weighted by atomic mass is 16.4. The van der Waals surface area contributed by atoms with E-state index >= 15 is 0 Å². The number of carbonyl (C=O) groups is 1. The molecular weight excluding hydrogens is 240 g/mol. The van der Waals surface area contributed by atoms with Crippen molar-refractivity contribution in [1.82, 2.24) is 10.2 Å². The van der Waals surface area contributed by atoms with Crippen molar-refractivity contribution < 1.29 is 9.90 Å². The normalized spacial score (nSPS) is 33.2. The van der Waals surface area contributed by atoms with Gasteiger partial charge in [-0.2, -0.15) is 0 Å². The first kappa shape index (κ1) is 13.4. The van der Waals surface area contributed by atoms with Crippen LogP contribution in [0.15, 0.2) is 0 Å². The molecule has 3 saturated carbocycles. The smallest absolute Gasteiger partial charge is 0.325 e. The topological polar surface area (TPSA) is 52.6 Å². The highest BCUT2D eigenvalue weighted by molar-refractivity contribution is 5.80. The highest BCUT2D eigenvalue weighted by Crippen LogP contribution is 2.43. The largest absolute Gasteiger partial charge is 0.480 e. The van der Waals surface area contributed by atoms with Crippen LogP contribution in [-0.4, -0.2) is 47.7 Å². The molecule has 4 heteroatoms. The summed E-state index contributed by atoms with van der Waals surface area (Å²) in [6.07, 6.45) is 5.74. The van der Waals surface area contributed by atoms with Crippen molar-refractivity contribution in [3.05, 3.63) is 0 Å². The molecule has 0 radical (unpaired) electrons. The third-order valence-electron chi connectivity index (χ3n) is 5.04. The van der Waals surface area contributed by atoms with Crippen LogP contribution in [0.25, 0.3) is 0 Å². The Hall–Kier alpha value is -0.610. The molecule has 2 N–H and O–H groups in total. The fourth-order valence-corrected chi connectivity index (χ4v) is 3.31. The van der Waals surface area contributed by atoms with Crippen molar-refractivity contribution >= 4 is 5.97 Å². The van der Waals surface area contributed by atoms with Crippen LogP contribution in [0.4, 0.5) is 0 Å². The summed E-state index contributed by atoms with van der Waals surface area (Å²) >= 11 is 0. The van der Waals surface area contributed by atoms with E-state index in [0.29, 0.717) is 18.5 Å². The number of carboxylic acid groups (broad SMARTS) is 1. The van der Waals surface area contributed by atoms with E-state index in [1.165, 1.54) is 6.42 Å². The SMILES string of the molecule is CC1CC1CN(C)CC(NC1CC1)(C(=O)O)C1CC1. The number of likely N-dealkylation sites (N-methyl/N-ethyl adjacent to an activating group) is 1. The maximum Gasteiger partial charge on any atom is 0.325 e. The number of carboxylic acids is 1. The third-order valence-corrected chi connectivity index (χ3v) is 5.04. The average molecular weight is 266 g/mol. The van der Waals surface area contributed by atoms with E-state index in [9.17, 15) is 9.90 Å². The zero-order chi connectivity index (χ0) is 13.6. The van der Waals surface area contributed by atoms with Gasteiger partial charge in [0.2, 0.25) is 0 Å². The second kappa shape index (κ2) is 4.74. The summed E-state index contributed by atoms with van der Waals surface area (Å²) in [7, 11) is 2.08. The summed E-state index contributed by atoms with van der Waals surface area (Å²) < 4.78 is 0. The number of hydrogen-bond acceptors (Lipinski definition) is 3. The van der Waals surface area contributed by atoms with Crippen LogP contribution in [0, 0.1) is 17.8 Å². The van der Waals surface area contributed by atoms with Gasteiger partial charge in [0.1, 0.15) is 5.54 Å². The molecule has 3 rings (SSSR count). The summed E-state index contributed by atoms with van der Waals surface area (Å²) in [5.74, 6) is 1.32. The molecule has 4 nitrogen and oxygen atoms in total. The van der Waals surface area contributed by atoms with E-state index in [0.717, 1.165) is 44.1 Å². The fourth-order valence-electron chi connectivity index (χ4n) is 3.31. The van der Waals surface area contributed by atoms with Gasteiger partial charge in [0, 0.05) is 19.1 Å². The standard InChI is InChI=1S/C15H26N2O2/c1-10-7-11(10)8-17(2)9-15(14(18)19,12-3-4-12)16-13-5-6-13/h10-13,16H,3-9H2,1-2H3,(H,18,19). The van der Waals surface area contributed by atoms with Crippen molar-refractivity contribution in [3.8, 4) is 0 Å². The minimum Gasteiger partial charge on any atom is -0.480 e. The molecule has 0 aliphatic heterocycles. The first-order chi connectivity index (χ1) is 9.01. The van der Waals surface area contributed by atoms with Crippen LogP contribution in [0.2, 0.25) is 0 Å². The van der Waals surface area contributed by atoms with Gasteiger partial charge in [-0.1, -0.05) is 6.92 Å². The molecule has 3 fully saturated rings. The Kier molecular flexibility index (Phi) is 3.34. The van der Waals surface area contributed by atoms with E-state index in [1.54, 1.807) is 0 Å². The lowest BCUT2D eigenvalue weighted by Crippen LogP contribution is -2.61. The van der Waals surface area contributed by atoms with Gasteiger partial charge in [-0.3, -0.25) is 10.1 Å². The first-order valence-electron chi connectivity index (χ1n) is 7.71. The summed E-state index contributed by atoms with van der Waals surface area (Å²) in [5.41, 5.74) is -0.686. The minimum absolute atomic E-state index is 0.338. The molecule has 0 aromatic carbocycles. The number of nitrogens with one attached hydrogen (secondary N) is 1. The van der Waals surface area contributed by atoms with Crippen molar-refractivity contribution in [2.24, 2.45) is 17.8 Å². The van der Waals surface area contributed by atoms with Crippen LogP contribution in [0.3, 0.4) is 0 Å². The molecule has 3 atom stereocenters. The van der Waals surface area contributed by atoms with Gasteiger partial charge in [-0.25, -0.2) is 0 Å².